The van der Waals surface area contributed by atoms with Crippen molar-refractivity contribution in [1.29, 1.82) is 0 Å². The second kappa shape index (κ2) is 11.3. The number of rotatable bonds is 9. The van der Waals surface area contributed by atoms with E-state index in [2.05, 4.69) is 54.5 Å². The van der Waals surface area contributed by atoms with Gasteiger partial charge in [-0.25, -0.2) is 5.43 Å². The van der Waals surface area contributed by atoms with E-state index in [9.17, 15) is 4.79 Å². The van der Waals surface area contributed by atoms with Gasteiger partial charge in [-0.15, -0.1) is 0 Å². The van der Waals surface area contributed by atoms with Crippen LogP contribution >= 0.6 is 15.9 Å². The third kappa shape index (κ3) is 7.24. The lowest BCUT2D eigenvalue weighted by atomic mass is 9.86. The molecule has 1 amide bonds. The lowest BCUT2D eigenvalue weighted by Crippen LogP contribution is -2.49. The van der Waals surface area contributed by atoms with Crippen LogP contribution in [0.1, 0.15) is 69.3 Å². The Kier molecular flexibility index (Phi) is 9.40. The highest BCUT2D eigenvalue weighted by molar-refractivity contribution is 9.10. The van der Waals surface area contributed by atoms with Gasteiger partial charge in [0, 0.05) is 23.8 Å². The quantitative estimate of drug-likeness (QED) is 0.402. The molecular formula is C22H35BrN2O4. The third-order valence-corrected chi connectivity index (χ3v) is 5.81. The van der Waals surface area contributed by atoms with E-state index in [1.165, 1.54) is 0 Å². The first-order chi connectivity index (χ1) is 13.7. The Morgan fingerprint density at radius 1 is 1.31 bits per heavy atom. The van der Waals surface area contributed by atoms with Crippen molar-refractivity contribution in [2.75, 3.05) is 19.8 Å². The molecule has 1 aromatic rings. The zero-order chi connectivity index (χ0) is 21.4. The standard InChI is InChI=1S/C22H35BrN2O4/c1-6-18(22(3,4)5)24-25-21(26)16-10-11-17(23)20(15(16)2)29-14-13-28-19-9-7-8-12-27-19/h10-11,18-19,24H,6-9,12-14H2,1-5H3,(H,25,26)/t18-,19?/m1/s1. The van der Waals surface area contributed by atoms with E-state index in [0.717, 1.165) is 42.3 Å². The van der Waals surface area contributed by atoms with Crippen molar-refractivity contribution in [3.63, 3.8) is 0 Å². The summed E-state index contributed by atoms with van der Waals surface area (Å²) in [6, 6.07) is 3.81. The van der Waals surface area contributed by atoms with Gasteiger partial charge in [-0.1, -0.05) is 27.7 Å². The van der Waals surface area contributed by atoms with Gasteiger partial charge in [-0.3, -0.25) is 10.2 Å². The van der Waals surface area contributed by atoms with Gasteiger partial charge >= 0.3 is 0 Å². The zero-order valence-corrected chi connectivity index (χ0v) is 19.9. The molecule has 0 aliphatic carbocycles. The van der Waals surface area contributed by atoms with E-state index in [4.69, 9.17) is 14.2 Å². The summed E-state index contributed by atoms with van der Waals surface area (Å²) in [5.74, 6) is 0.489. The molecule has 0 aromatic heterocycles. The average Bonchev–Trinajstić information content (AvgIpc) is 2.67. The molecule has 1 aromatic carbocycles. The molecule has 1 fully saturated rings. The number of halogens is 1. The highest BCUT2D eigenvalue weighted by Crippen LogP contribution is 2.31. The smallest absolute Gasteiger partial charge is 0.265 e. The number of ether oxygens (including phenoxy) is 3. The monoisotopic (exact) mass is 470 g/mol. The van der Waals surface area contributed by atoms with Gasteiger partial charge in [-0.05, 0) is 66.1 Å². The Hall–Kier alpha value is -1.15. The van der Waals surface area contributed by atoms with Crippen LogP contribution in [0.2, 0.25) is 0 Å². The van der Waals surface area contributed by atoms with Gasteiger partial charge in [0.1, 0.15) is 12.4 Å². The zero-order valence-electron chi connectivity index (χ0n) is 18.3. The topological polar surface area (TPSA) is 68.8 Å². The molecule has 164 valence electrons. The number of hydrogen-bond donors (Lipinski definition) is 2. The Morgan fingerprint density at radius 3 is 2.69 bits per heavy atom. The number of hydrogen-bond acceptors (Lipinski definition) is 5. The number of benzene rings is 1. The number of nitrogens with one attached hydrogen (secondary N) is 2. The van der Waals surface area contributed by atoms with Gasteiger partial charge in [0.25, 0.3) is 5.91 Å². The Morgan fingerprint density at radius 2 is 2.07 bits per heavy atom. The highest BCUT2D eigenvalue weighted by Gasteiger charge is 2.24. The Balaban J connectivity index is 1.93. The minimum atomic E-state index is -0.172. The molecule has 1 aliphatic rings. The van der Waals surface area contributed by atoms with E-state index in [0.29, 0.717) is 24.5 Å². The van der Waals surface area contributed by atoms with Crippen molar-refractivity contribution in [2.45, 2.75) is 72.6 Å². The molecule has 29 heavy (non-hydrogen) atoms. The molecule has 1 heterocycles. The summed E-state index contributed by atoms with van der Waals surface area (Å²) >= 11 is 3.52. The van der Waals surface area contributed by atoms with Gasteiger partial charge in [0.2, 0.25) is 0 Å². The first-order valence-electron chi connectivity index (χ1n) is 10.4. The van der Waals surface area contributed by atoms with E-state index in [1.54, 1.807) is 6.07 Å². The SMILES string of the molecule is CC[C@@H](NNC(=O)c1ccc(Br)c(OCCOC2CCCCO2)c1C)C(C)(C)C. The molecule has 2 rings (SSSR count). The fourth-order valence-electron chi connectivity index (χ4n) is 3.40. The maximum Gasteiger partial charge on any atom is 0.265 e. The molecule has 1 saturated heterocycles. The second-order valence-electron chi connectivity index (χ2n) is 8.49. The van der Waals surface area contributed by atoms with Crippen molar-refractivity contribution in [1.82, 2.24) is 10.9 Å². The van der Waals surface area contributed by atoms with E-state index in [1.807, 2.05) is 13.0 Å². The molecule has 0 bridgehead atoms. The maximum absolute atomic E-state index is 12.7. The normalized spacial score (nSPS) is 18.3. The minimum Gasteiger partial charge on any atom is -0.490 e. The van der Waals surface area contributed by atoms with Gasteiger partial charge in [-0.2, -0.15) is 0 Å². The first kappa shape index (κ1) is 24.1. The number of carbonyl (C=O) groups excluding carboxylic acids is 1. The third-order valence-electron chi connectivity index (χ3n) is 5.19. The summed E-state index contributed by atoms with van der Waals surface area (Å²) in [7, 11) is 0. The predicted octanol–water partition coefficient (Wildman–Crippen LogP) is 4.74. The lowest BCUT2D eigenvalue weighted by Gasteiger charge is -2.30. The van der Waals surface area contributed by atoms with Crippen LogP contribution in [-0.4, -0.2) is 38.1 Å². The molecular weight excluding hydrogens is 436 g/mol. The fourth-order valence-corrected chi connectivity index (χ4v) is 3.94. The van der Waals surface area contributed by atoms with Gasteiger partial charge in [0.15, 0.2) is 6.29 Å². The summed E-state index contributed by atoms with van der Waals surface area (Å²) in [6.45, 7) is 12.0. The Labute approximate surface area is 183 Å². The molecule has 7 heteroatoms. The summed E-state index contributed by atoms with van der Waals surface area (Å²) in [5, 5.41) is 0. The predicted molar refractivity (Wildman–Crippen MR) is 118 cm³/mol. The van der Waals surface area contributed by atoms with Crippen molar-refractivity contribution < 1.29 is 19.0 Å². The van der Waals surface area contributed by atoms with E-state index >= 15 is 0 Å². The van der Waals surface area contributed by atoms with Gasteiger partial charge < -0.3 is 14.2 Å². The van der Waals surface area contributed by atoms with Crippen LogP contribution in [-0.2, 0) is 9.47 Å². The van der Waals surface area contributed by atoms with Crippen LogP contribution in [0.15, 0.2) is 16.6 Å². The van der Waals surface area contributed by atoms with Crippen LogP contribution < -0.4 is 15.6 Å². The average molecular weight is 471 g/mol. The molecule has 0 spiro atoms. The molecule has 6 nitrogen and oxygen atoms in total. The molecule has 0 radical (unpaired) electrons. The largest absolute Gasteiger partial charge is 0.490 e. The molecule has 2 N–H and O–H groups in total. The molecule has 1 unspecified atom stereocenters. The maximum atomic E-state index is 12.7. The van der Waals surface area contributed by atoms with Crippen molar-refractivity contribution >= 4 is 21.8 Å². The number of amides is 1. The van der Waals surface area contributed by atoms with Gasteiger partial charge in [0.05, 0.1) is 11.1 Å². The summed E-state index contributed by atoms with van der Waals surface area (Å²) in [6.07, 6.45) is 3.95. The first-order valence-corrected chi connectivity index (χ1v) is 11.2. The molecule has 0 saturated carbocycles. The van der Waals surface area contributed by atoms with E-state index < -0.39 is 0 Å². The lowest BCUT2D eigenvalue weighted by molar-refractivity contribution is -0.165. The highest BCUT2D eigenvalue weighted by atomic mass is 79.9. The van der Waals surface area contributed by atoms with Crippen LogP contribution in [0.5, 0.6) is 5.75 Å². The van der Waals surface area contributed by atoms with Crippen molar-refractivity contribution in [3.8, 4) is 5.75 Å². The van der Waals surface area contributed by atoms with Crippen LogP contribution in [0.3, 0.4) is 0 Å². The number of hydrazine groups is 1. The summed E-state index contributed by atoms with van der Waals surface area (Å²) in [4.78, 5) is 12.7. The van der Waals surface area contributed by atoms with Crippen LogP contribution in [0.4, 0.5) is 0 Å². The Bertz CT molecular complexity index is 670. The summed E-state index contributed by atoms with van der Waals surface area (Å²) in [5.41, 5.74) is 7.44. The molecule has 1 aliphatic heterocycles. The van der Waals surface area contributed by atoms with Crippen LogP contribution in [0, 0.1) is 12.3 Å². The minimum absolute atomic E-state index is 0.0487. The fraction of sp³-hybridized carbons (Fsp3) is 0.682. The van der Waals surface area contributed by atoms with E-state index in [-0.39, 0.29) is 23.7 Å². The van der Waals surface area contributed by atoms with Crippen molar-refractivity contribution in [3.05, 3.63) is 27.7 Å². The summed E-state index contributed by atoms with van der Waals surface area (Å²) < 4.78 is 18.0. The van der Waals surface area contributed by atoms with Crippen LogP contribution in [0.25, 0.3) is 0 Å². The number of carbonyl (C=O) groups is 1. The molecule has 2 atom stereocenters. The second-order valence-corrected chi connectivity index (χ2v) is 9.34. The van der Waals surface area contributed by atoms with Crippen molar-refractivity contribution in [2.24, 2.45) is 5.41 Å².